The fraction of sp³-hybridized carbons (Fsp3) is 0.294. The summed E-state index contributed by atoms with van der Waals surface area (Å²) in [6.45, 7) is 3.98. The van der Waals surface area contributed by atoms with E-state index in [4.69, 9.17) is 5.73 Å². The van der Waals surface area contributed by atoms with E-state index in [0.717, 1.165) is 11.3 Å². The predicted octanol–water partition coefficient (Wildman–Crippen LogP) is 3.02. The highest BCUT2D eigenvalue weighted by atomic mass is 16.1. The number of primary amides is 1. The fourth-order valence-electron chi connectivity index (χ4n) is 2.55. The lowest BCUT2D eigenvalue weighted by Gasteiger charge is -2.29. The number of amides is 1. The molecule has 0 aliphatic heterocycles. The first kappa shape index (κ1) is 14.3. The topological polar surface area (TPSA) is 56.0 Å². The number of benzene rings is 1. The molecule has 2 rings (SSSR count). The number of aromatic nitrogens is 1. The van der Waals surface area contributed by atoms with Gasteiger partial charge in [0.25, 0.3) is 0 Å². The smallest absolute Gasteiger partial charge is 0.227 e. The second kappa shape index (κ2) is 5.87. The first-order valence-electron chi connectivity index (χ1n) is 6.80. The summed E-state index contributed by atoms with van der Waals surface area (Å²) in [5.74, 6) is -0.139. The Kier molecular flexibility index (Phi) is 4.18. The minimum absolute atomic E-state index is 0.161. The molecule has 3 heteroatoms. The van der Waals surface area contributed by atoms with Gasteiger partial charge in [0.15, 0.2) is 0 Å². The third-order valence-electron chi connectivity index (χ3n) is 3.86. The molecular formula is C17H20N2O. The molecule has 0 saturated carbocycles. The van der Waals surface area contributed by atoms with Crippen LogP contribution in [0.1, 0.15) is 37.4 Å². The van der Waals surface area contributed by atoms with Crippen LogP contribution in [0.2, 0.25) is 0 Å². The van der Waals surface area contributed by atoms with Crippen LogP contribution in [0, 0.1) is 0 Å². The second-order valence-corrected chi connectivity index (χ2v) is 5.42. The molecule has 2 N–H and O–H groups in total. The molecule has 2 aromatic rings. The molecule has 0 fully saturated rings. The summed E-state index contributed by atoms with van der Waals surface area (Å²) in [6, 6.07) is 15.5. The average Bonchev–Trinajstić information content (AvgIpc) is 2.48. The van der Waals surface area contributed by atoms with Gasteiger partial charge in [-0.25, -0.2) is 0 Å². The molecule has 2 unspecified atom stereocenters. The summed E-state index contributed by atoms with van der Waals surface area (Å²) in [4.78, 5) is 16.4. The van der Waals surface area contributed by atoms with E-state index in [-0.39, 0.29) is 11.8 Å². The normalized spacial score (nSPS) is 15.3. The van der Waals surface area contributed by atoms with Crippen LogP contribution in [0.5, 0.6) is 0 Å². The summed E-state index contributed by atoms with van der Waals surface area (Å²) in [5, 5.41) is 0. The van der Waals surface area contributed by atoms with Crippen LogP contribution in [-0.2, 0) is 10.2 Å². The molecule has 0 aliphatic rings. The summed E-state index contributed by atoms with van der Waals surface area (Å²) in [7, 11) is 0. The molecule has 1 amide bonds. The maximum absolute atomic E-state index is 12.0. The van der Waals surface area contributed by atoms with Crippen molar-refractivity contribution in [2.24, 2.45) is 5.73 Å². The number of pyridine rings is 1. The van der Waals surface area contributed by atoms with E-state index < -0.39 is 5.41 Å². The Labute approximate surface area is 119 Å². The summed E-state index contributed by atoms with van der Waals surface area (Å²) in [5.41, 5.74) is 6.92. The Hall–Kier alpha value is -2.16. The molecule has 104 valence electrons. The van der Waals surface area contributed by atoms with Crippen LogP contribution in [0.15, 0.2) is 54.7 Å². The van der Waals surface area contributed by atoms with Crippen molar-refractivity contribution in [1.82, 2.24) is 4.98 Å². The maximum Gasteiger partial charge on any atom is 0.227 e. The van der Waals surface area contributed by atoms with Crippen LogP contribution >= 0.6 is 0 Å². The van der Waals surface area contributed by atoms with E-state index in [1.54, 1.807) is 6.20 Å². The quantitative estimate of drug-likeness (QED) is 0.906. The Balaban J connectivity index is 2.29. The van der Waals surface area contributed by atoms with E-state index in [1.807, 2.05) is 55.5 Å². The number of hydrogen-bond acceptors (Lipinski definition) is 2. The number of nitrogens with two attached hydrogens (primary N) is 1. The van der Waals surface area contributed by atoms with Gasteiger partial charge in [-0.2, -0.15) is 0 Å². The molecule has 0 bridgehead atoms. The molecule has 0 spiro atoms. The Morgan fingerprint density at radius 2 is 1.85 bits per heavy atom. The predicted molar refractivity (Wildman–Crippen MR) is 80.3 cm³/mol. The highest BCUT2D eigenvalue weighted by Gasteiger charge is 2.35. The van der Waals surface area contributed by atoms with Crippen molar-refractivity contribution in [2.75, 3.05) is 0 Å². The molecule has 1 aromatic carbocycles. The van der Waals surface area contributed by atoms with Crippen LogP contribution in [0.25, 0.3) is 0 Å². The van der Waals surface area contributed by atoms with Crippen molar-refractivity contribution < 1.29 is 4.79 Å². The molecule has 0 radical (unpaired) electrons. The zero-order valence-electron chi connectivity index (χ0n) is 11.9. The number of hydrogen-bond donors (Lipinski definition) is 1. The van der Waals surface area contributed by atoms with Crippen LogP contribution in [0.4, 0.5) is 0 Å². The number of carbonyl (C=O) groups excluding carboxylic acids is 1. The lowest BCUT2D eigenvalue weighted by atomic mass is 9.74. The number of nitrogens with zero attached hydrogens (tertiary/aromatic N) is 1. The van der Waals surface area contributed by atoms with Crippen molar-refractivity contribution in [3.8, 4) is 0 Å². The highest BCUT2D eigenvalue weighted by molar-refractivity contribution is 5.86. The number of carbonyl (C=O) groups is 1. The Morgan fingerprint density at radius 1 is 1.20 bits per heavy atom. The minimum Gasteiger partial charge on any atom is -0.369 e. The van der Waals surface area contributed by atoms with Crippen molar-refractivity contribution >= 4 is 5.91 Å². The largest absolute Gasteiger partial charge is 0.369 e. The summed E-state index contributed by atoms with van der Waals surface area (Å²) >= 11 is 0. The molecule has 0 saturated heterocycles. The van der Waals surface area contributed by atoms with Crippen molar-refractivity contribution in [3.05, 3.63) is 66.0 Å². The fourth-order valence-corrected chi connectivity index (χ4v) is 2.55. The van der Waals surface area contributed by atoms with E-state index in [1.165, 1.54) is 0 Å². The van der Waals surface area contributed by atoms with Gasteiger partial charge in [0.1, 0.15) is 0 Å². The number of rotatable bonds is 5. The van der Waals surface area contributed by atoms with Gasteiger partial charge in [-0.3, -0.25) is 9.78 Å². The third-order valence-corrected chi connectivity index (χ3v) is 3.86. The Morgan fingerprint density at radius 3 is 2.40 bits per heavy atom. The highest BCUT2D eigenvalue weighted by Crippen LogP contribution is 2.34. The van der Waals surface area contributed by atoms with Gasteiger partial charge in [0.2, 0.25) is 5.91 Å². The van der Waals surface area contributed by atoms with Crippen LogP contribution < -0.4 is 5.73 Å². The second-order valence-electron chi connectivity index (χ2n) is 5.42. The average molecular weight is 268 g/mol. The van der Waals surface area contributed by atoms with Crippen molar-refractivity contribution in [1.29, 1.82) is 0 Å². The zero-order chi connectivity index (χ0) is 14.6. The van der Waals surface area contributed by atoms with Crippen molar-refractivity contribution in [2.45, 2.75) is 31.6 Å². The van der Waals surface area contributed by atoms with E-state index in [2.05, 4.69) is 11.9 Å². The molecule has 3 nitrogen and oxygen atoms in total. The van der Waals surface area contributed by atoms with Gasteiger partial charge in [-0.1, -0.05) is 43.3 Å². The van der Waals surface area contributed by atoms with E-state index >= 15 is 0 Å². The lowest BCUT2D eigenvalue weighted by molar-refractivity contribution is -0.123. The first-order valence-corrected chi connectivity index (χ1v) is 6.80. The third kappa shape index (κ3) is 2.87. The first-order chi connectivity index (χ1) is 9.54. The summed E-state index contributed by atoms with van der Waals surface area (Å²) < 4.78 is 0. The molecule has 0 aliphatic carbocycles. The van der Waals surface area contributed by atoms with Crippen LogP contribution in [-0.4, -0.2) is 10.9 Å². The molecule has 1 heterocycles. The summed E-state index contributed by atoms with van der Waals surface area (Å²) in [6.07, 6.45) is 2.42. The standard InChI is InChI=1S/C17H20N2O/c1-13(15-10-6-7-11-19-15)12-17(2,16(18)20)14-8-4-3-5-9-14/h3-11,13H,12H2,1-2H3,(H2,18,20). The van der Waals surface area contributed by atoms with Gasteiger partial charge in [-0.05, 0) is 37.0 Å². The van der Waals surface area contributed by atoms with Gasteiger partial charge >= 0.3 is 0 Å². The van der Waals surface area contributed by atoms with Crippen molar-refractivity contribution in [3.63, 3.8) is 0 Å². The molecular weight excluding hydrogens is 248 g/mol. The minimum atomic E-state index is -0.682. The van der Waals surface area contributed by atoms with Gasteiger partial charge in [0, 0.05) is 11.9 Å². The van der Waals surface area contributed by atoms with Crippen LogP contribution in [0.3, 0.4) is 0 Å². The maximum atomic E-state index is 12.0. The van der Waals surface area contributed by atoms with Gasteiger partial charge in [-0.15, -0.1) is 0 Å². The zero-order valence-corrected chi connectivity index (χ0v) is 11.9. The van der Waals surface area contributed by atoms with E-state index in [0.29, 0.717) is 6.42 Å². The molecule has 20 heavy (non-hydrogen) atoms. The molecule has 1 aromatic heterocycles. The molecule has 2 atom stereocenters. The SMILES string of the molecule is CC(CC(C)(C(N)=O)c1ccccc1)c1ccccn1. The lowest BCUT2D eigenvalue weighted by Crippen LogP contribution is -2.39. The monoisotopic (exact) mass is 268 g/mol. The Bertz CT molecular complexity index is 568. The van der Waals surface area contributed by atoms with E-state index in [9.17, 15) is 4.79 Å². The van der Waals surface area contributed by atoms with Gasteiger partial charge < -0.3 is 5.73 Å². The van der Waals surface area contributed by atoms with Gasteiger partial charge in [0.05, 0.1) is 5.41 Å².